The summed E-state index contributed by atoms with van der Waals surface area (Å²) in [6, 6.07) is 5.41. The summed E-state index contributed by atoms with van der Waals surface area (Å²) in [5.74, 6) is 0.529. The van der Waals surface area contributed by atoms with E-state index in [0.29, 0.717) is 35.5 Å². The first-order chi connectivity index (χ1) is 10.1. The third-order valence-electron chi connectivity index (χ3n) is 3.44. The van der Waals surface area contributed by atoms with Gasteiger partial charge >= 0.3 is 0 Å². The van der Waals surface area contributed by atoms with Crippen molar-refractivity contribution in [1.29, 1.82) is 0 Å². The molecule has 2 N–H and O–H groups in total. The molecule has 5 nitrogen and oxygen atoms in total. The molecule has 0 bridgehead atoms. The summed E-state index contributed by atoms with van der Waals surface area (Å²) in [5.41, 5.74) is 6.30. The van der Waals surface area contributed by atoms with Crippen molar-refractivity contribution in [3.05, 3.63) is 18.2 Å². The monoisotopic (exact) mass is 310 g/mol. The topological polar surface area (TPSA) is 72.6 Å². The lowest BCUT2D eigenvalue weighted by Crippen LogP contribution is -2.36. The summed E-state index contributed by atoms with van der Waals surface area (Å²) >= 11 is 0. The first kappa shape index (κ1) is 15.8. The van der Waals surface area contributed by atoms with E-state index in [1.165, 1.54) is 0 Å². The summed E-state index contributed by atoms with van der Waals surface area (Å²) in [5, 5.41) is 0. The van der Waals surface area contributed by atoms with Gasteiger partial charge in [0.2, 0.25) is 5.91 Å². The van der Waals surface area contributed by atoms with Crippen LogP contribution < -0.4 is 10.5 Å². The molecule has 1 aromatic carbocycles. The summed E-state index contributed by atoms with van der Waals surface area (Å²) in [6.45, 7) is 5.02. The van der Waals surface area contributed by atoms with Crippen molar-refractivity contribution in [2.45, 2.75) is 37.6 Å². The fourth-order valence-electron chi connectivity index (χ4n) is 2.27. The molecule has 6 heteroatoms. The number of benzene rings is 1. The maximum absolute atomic E-state index is 12.4. The number of rotatable bonds is 7. The zero-order valence-electron chi connectivity index (χ0n) is 12.5. The van der Waals surface area contributed by atoms with E-state index >= 15 is 0 Å². The number of amides is 1. The van der Waals surface area contributed by atoms with E-state index < -0.39 is 10.8 Å². The van der Waals surface area contributed by atoms with Crippen LogP contribution in [-0.4, -0.2) is 40.0 Å². The largest absolute Gasteiger partial charge is 0.494 e. The molecule has 21 heavy (non-hydrogen) atoms. The molecule has 1 unspecified atom stereocenters. The van der Waals surface area contributed by atoms with Crippen molar-refractivity contribution in [3.8, 4) is 5.75 Å². The van der Waals surface area contributed by atoms with E-state index in [4.69, 9.17) is 10.5 Å². The molecule has 0 saturated heterocycles. The number of hydrogen-bond acceptors (Lipinski definition) is 4. The lowest BCUT2D eigenvalue weighted by molar-refractivity contribution is -0.128. The molecule has 1 aliphatic rings. The van der Waals surface area contributed by atoms with Crippen molar-refractivity contribution >= 4 is 22.4 Å². The van der Waals surface area contributed by atoms with Crippen LogP contribution in [0.2, 0.25) is 0 Å². The zero-order chi connectivity index (χ0) is 15.4. The predicted octanol–water partition coefficient (Wildman–Crippen LogP) is 1.79. The second kappa shape index (κ2) is 6.93. The molecule has 1 aromatic rings. The Bertz CT molecular complexity index is 544. The van der Waals surface area contributed by atoms with Gasteiger partial charge in [-0.15, -0.1) is 0 Å². The summed E-state index contributed by atoms with van der Waals surface area (Å²) in [4.78, 5) is 14.5. The third-order valence-corrected chi connectivity index (χ3v) is 4.80. The summed E-state index contributed by atoms with van der Waals surface area (Å²) in [6.07, 6.45) is 2.10. The number of hydrogen-bond donors (Lipinski definition) is 1. The van der Waals surface area contributed by atoms with E-state index in [0.717, 1.165) is 12.8 Å². The van der Waals surface area contributed by atoms with E-state index in [2.05, 4.69) is 0 Å². The zero-order valence-corrected chi connectivity index (χ0v) is 13.3. The van der Waals surface area contributed by atoms with Crippen LogP contribution in [0.3, 0.4) is 0 Å². The Labute approximate surface area is 127 Å². The summed E-state index contributed by atoms with van der Waals surface area (Å²) in [7, 11) is -1.45. The van der Waals surface area contributed by atoms with Gasteiger partial charge in [0.05, 0.1) is 22.3 Å². The quantitative estimate of drug-likeness (QED) is 0.779. The van der Waals surface area contributed by atoms with E-state index in [1.54, 1.807) is 23.1 Å². The Morgan fingerprint density at radius 3 is 2.71 bits per heavy atom. The van der Waals surface area contributed by atoms with Crippen LogP contribution in [0.5, 0.6) is 5.75 Å². The van der Waals surface area contributed by atoms with Gasteiger partial charge in [0.1, 0.15) is 11.5 Å². The molecule has 0 aliphatic heterocycles. The Balaban J connectivity index is 2.08. The molecular formula is C15H22N2O3S. The number of nitrogen functional groups attached to an aromatic ring is 1. The van der Waals surface area contributed by atoms with E-state index in [1.807, 2.05) is 13.8 Å². The van der Waals surface area contributed by atoms with Crippen LogP contribution in [-0.2, 0) is 15.6 Å². The number of nitrogens with two attached hydrogens (primary N) is 1. The van der Waals surface area contributed by atoms with Crippen LogP contribution in [0.1, 0.15) is 26.7 Å². The molecule has 116 valence electrons. The van der Waals surface area contributed by atoms with Gasteiger partial charge < -0.3 is 15.4 Å². The fourth-order valence-corrected chi connectivity index (χ4v) is 3.39. The standard InChI is InChI=1S/C15H22N2O3S/c1-3-17(11-5-6-11)15(18)10-21(19)14-9-12(20-4-2)7-8-13(14)16/h7-9,11H,3-6,10,16H2,1-2H3. The molecule has 1 atom stereocenters. The first-order valence-corrected chi connectivity index (χ1v) is 8.58. The Morgan fingerprint density at radius 1 is 1.43 bits per heavy atom. The number of nitrogens with zero attached hydrogens (tertiary/aromatic N) is 1. The van der Waals surface area contributed by atoms with Gasteiger partial charge in [-0.2, -0.15) is 0 Å². The maximum Gasteiger partial charge on any atom is 0.235 e. The van der Waals surface area contributed by atoms with Gasteiger partial charge in [-0.25, -0.2) is 0 Å². The number of ether oxygens (including phenoxy) is 1. The molecule has 1 saturated carbocycles. The molecule has 0 radical (unpaired) electrons. The highest BCUT2D eigenvalue weighted by atomic mass is 32.2. The van der Waals surface area contributed by atoms with Crippen LogP contribution >= 0.6 is 0 Å². The minimum atomic E-state index is -1.45. The highest BCUT2D eigenvalue weighted by Gasteiger charge is 2.32. The smallest absolute Gasteiger partial charge is 0.235 e. The average Bonchev–Trinajstić information content (AvgIpc) is 3.26. The van der Waals surface area contributed by atoms with Crippen molar-refractivity contribution in [3.63, 3.8) is 0 Å². The number of carbonyl (C=O) groups is 1. The second-order valence-corrected chi connectivity index (χ2v) is 6.45. The van der Waals surface area contributed by atoms with Crippen LogP contribution in [0.4, 0.5) is 5.69 Å². The molecule has 1 fully saturated rings. The van der Waals surface area contributed by atoms with Gasteiger partial charge in [0, 0.05) is 18.3 Å². The van der Waals surface area contributed by atoms with Crippen molar-refractivity contribution in [2.24, 2.45) is 0 Å². The van der Waals surface area contributed by atoms with E-state index in [9.17, 15) is 9.00 Å². The van der Waals surface area contributed by atoms with Crippen molar-refractivity contribution in [2.75, 3.05) is 24.6 Å². The Hall–Kier alpha value is -1.56. The van der Waals surface area contributed by atoms with Gasteiger partial charge in [-0.3, -0.25) is 9.00 Å². The Morgan fingerprint density at radius 2 is 2.14 bits per heavy atom. The average molecular weight is 310 g/mol. The maximum atomic E-state index is 12.4. The lowest BCUT2D eigenvalue weighted by Gasteiger charge is -2.20. The molecule has 2 rings (SSSR count). The van der Waals surface area contributed by atoms with Gasteiger partial charge in [-0.05, 0) is 44.9 Å². The molecule has 0 spiro atoms. The normalized spacial score (nSPS) is 15.5. The van der Waals surface area contributed by atoms with Crippen molar-refractivity contribution in [1.82, 2.24) is 4.90 Å². The number of carbonyl (C=O) groups excluding carboxylic acids is 1. The van der Waals surface area contributed by atoms with Gasteiger partial charge in [0.15, 0.2) is 0 Å². The van der Waals surface area contributed by atoms with Crippen LogP contribution in [0, 0.1) is 0 Å². The van der Waals surface area contributed by atoms with Gasteiger partial charge in [-0.1, -0.05) is 0 Å². The minimum Gasteiger partial charge on any atom is -0.494 e. The fraction of sp³-hybridized carbons (Fsp3) is 0.533. The minimum absolute atomic E-state index is 0.0237. The van der Waals surface area contributed by atoms with Gasteiger partial charge in [0.25, 0.3) is 0 Å². The molecule has 0 heterocycles. The molecular weight excluding hydrogens is 288 g/mol. The molecule has 0 aromatic heterocycles. The summed E-state index contributed by atoms with van der Waals surface area (Å²) < 4.78 is 17.8. The van der Waals surface area contributed by atoms with Crippen molar-refractivity contribution < 1.29 is 13.7 Å². The first-order valence-electron chi connectivity index (χ1n) is 7.27. The predicted molar refractivity (Wildman–Crippen MR) is 83.7 cm³/mol. The van der Waals surface area contributed by atoms with Crippen LogP contribution in [0.25, 0.3) is 0 Å². The Kier molecular flexibility index (Phi) is 5.22. The number of anilines is 1. The molecule has 1 amide bonds. The van der Waals surface area contributed by atoms with Crippen LogP contribution in [0.15, 0.2) is 23.1 Å². The second-order valence-electron chi connectivity index (χ2n) is 5.03. The SMILES string of the molecule is CCOc1ccc(N)c(S(=O)CC(=O)N(CC)C2CC2)c1. The highest BCUT2D eigenvalue weighted by Crippen LogP contribution is 2.28. The molecule has 1 aliphatic carbocycles. The highest BCUT2D eigenvalue weighted by molar-refractivity contribution is 7.86. The van der Waals surface area contributed by atoms with E-state index in [-0.39, 0.29) is 11.7 Å². The lowest BCUT2D eigenvalue weighted by atomic mass is 10.3. The third kappa shape index (κ3) is 3.97.